The van der Waals surface area contributed by atoms with E-state index < -0.39 is 4.92 Å². The third-order valence-corrected chi connectivity index (χ3v) is 2.45. The van der Waals surface area contributed by atoms with E-state index >= 15 is 0 Å². The van der Waals surface area contributed by atoms with Crippen molar-refractivity contribution >= 4 is 11.4 Å². The summed E-state index contributed by atoms with van der Waals surface area (Å²) in [5.41, 5.74) is 0.0871. The lowest BCUT2D eigenvalue weighted by molar-refractivity contribution is -0.384. The van der Waals surface area contributed by atoms with Gasteiger partial charge in [0.15, 0.2) is 0 Å². The second-order valence-corrected chi connectivity index (χ2v) is 3.72. The van der Waals surface area contributed by atoms with Crippen LogP contribution >= 0.6 is 0 Å². The first kappa shape index (κ1) is 13.5. The Kier molecular flexibility index (Phi) is 4.71. The van der Waals surface area contributed by atoms with Crippen molar-refractivity contribution in [2.45, 2.75) is 25.8 Å². The van der Waals surface area contributed by atoms with Crippen LogP contribution in [0.5, 0.6) is 0 Å². The lowest BCUT2D eigenvalue weighted by Gasteiger charge is -2.13. The summed E-state index contributed by atoms with van der Waals surface area (Å²) in [5.74, 6) is 2.54. The molecule has 0 bridgehead atoms. The molecule has 92 valence electrons. The molecular weight excluding hydrogens is 230 g/mol. The molecule has 0 fully saturated rings. The lowest BCUT2D eigenvalue weighted by Crippen LogP contribution is -2.17. The molecule has 0 aliphatic heterocycles. The van der Waals surface area contributed by atoms with Gasteiger partial charge >= 0.3 is 5.69 Å². The Morgan fingerprint density at radius 3 is 2.83 bits per heavy atom. The van der Waals surface area contributed by atoms with Crippen LogP contribution in [-0.2, 0) is 0 Å². The maximum absolute atomic E-state index is 11.0. The first-order valence-electron chi connectivity index (χ1n) is 5.54. The van der Waals surface area contributed by atoms with Crippen molar-refractivity contribution in [1.82, 2.24) is 0 Å². The van der Waals surface area contributed by atoms with Crippen LogP contribution in [0.1, 0.15) is 25.3 Å². The number of nitrogens with one attached hydrogen (secondary N) is 1. The van der Waals surface area contributed by atoms with Crippen LogP contribution in [-0.4, -0.2) is 11.0 Å². The van der Waals surface area contributed by atoms with E-state index in [0.29, 0.717) is 6.42 Å². The molecular formula is C13H13N3O2. The minimum Gasteiger partial charge on any atom is -0.366 e. The van der Waals surface area contributed by atoms with Gasteiger partial charge in [-0.3, -0.25) is 10.1 Å². The first-order valence-corrected chi connectivity index (χ1v) is 5.54. The molecule has 0 saturated heterocycles. The minimum absolute atomic E-state index is 0.0252. The molecule has 18 heavy (non-hydrogen) atoms. The molecule has 5 heteroatoms. The maximum atomic E-state index is 11.0. The van der Waals surface area contributed by atoms with Gasteiger partial charge in [0.1, 0.15) is 17.3 Å². The fraction of sp³-hybridized carbons (Fsp3) is 0.308. The van der Waals surface area contributed by atoms with Crippen molar-refractivity contribution in [3.63, 3.8) is 0 Å². The summed E-state index contributed by atoms with van der Waals surface area (Å²) < 4.78 is 0. The van der Waals surface area contributed by atoms with Gasteiger partial charge in [0.05, 0.1) is 11.0 Å². The Balaban J connectivity index is 3.14. The number of nitriles is 1. The molecule has 1 aromatic carbocycles. The van der Waals surface area contributed by atoms with Gasteiger partial charge in [-0.1, -0.05) is 25.3 Å². The molecule has 0 aromatic heterocycles. The van der Waals surface area contributed by atoms with Gasteiger partial charge in [-0.15, -0.1) is 6.42 Å². The van der Waals surface area contributed by atoms with E-state index in [1.807, 2.05) is 13.0 Å². The number of benzene rings is 1. The van der Waals surface area contributed by atoms with Crippen LogP contribution in [0, 0.1) is 33.8 Å². The van der Waals surface area contributed by atoms with Crippen molar-refractivity contribution in [1.29, 1.82) is 5.26 Å². The highest BCUT2D eigenvalue weighted by Crippen LogP contribution is 2.28. The zero-order valence-electron chi connectivity index (χ0n) is 10.0. The number of nitrogens with zero attached hydrogens (tertiary/aromatic N) is 2. The Morgan fingerprint density at radius 1 is 1.61 bits per heavy atom. The third-order valence-electron chi connectivity index (χ3n) is 2.45. The Hall–Kier alpha value is -2.53. The van der Waals surface area contributed by atoms with Crippen molar-refractivity contribution in [3.8, 4) is 18.4 Å². The fourth-order valence-corrected chi connectivity index (χ4v) is 1.62. The largest absolute Gasteiger partial charge is 0.366 e. The van der Waals surface area contributed by atoms with Crippen LogP contribution in [0.25, 0.3) is 0 Å². The van der Waals surface area contributed by atoms with Gasteiger partial charge in [0, 0.05) is 0 Å². The van der Waals surface area contributed by atoms with Gasteiger partial charge in [-0.05, 0) is 18.6 Å². The number of nitro benzene ring substituents is 1. The standard InChI is InChI=1S/C13H13N3O2/c1-3-6-11(4-2)15-12-8-5-7-10(9-14)13(12)16(17)18/h2,5,7-8,11,15H,3,6H2,1H3. The summed E-state index contributed by atoms with van der Waals surface area (Å²) in [4.78, 5) is 10.4. The molecule has 1 N–H and O–H groups in total. The lowest BCUT2D eigenvalue weighted by atomic mass is 10.1. The van der Waals surface area contributed by atoms with Crippen molar-refractivity contribution in [3.05, 3.63) is 33.9 Å². The average Bonchev–Trinajstić information content (AvgIpc) is 2.37. The molecule has 1 unspecified atom stereocenters. The van der Waals surface area contributed by atoms with Crippen LogP contribution in [0.4, 0.5) is 11.4 Å². The summed E-state index contributed by atoms with van der Waals surface area (Å²) >= 11 is 0. The molecule has 0 aliphatic carbocycles. The number of hydrogen-bond acceptors (Lipinski definition) is 4. The highest BCUT2D eigenvalue weighted by Gasteiger charge is 2.20. The molecule has 0 radical (unpaired) electrons. The van der Waals surface area contributed by atoms with Crippen molar-refractivity contribution < 1.29 is 4.92 Å². The maximum Gasteiger partial charge on any atom is 0.309 e. The Labute approximate surface area is 106 Å². The van der Waals surface area contributed by atoms with Gasteiger partial charge in [-0.2, -0.15) is 5.26 Å². The van der Waals surface area contributed by atoms with Gasteiger partial charge < -0.3 is 5.32 Å². The number of nitro groups is 1. The first-order chi connectivity index (χ1) is 8.63. The average molecular weight is 243 g/mol. The third kappa shape index (κ3) is 2.99. The summed E-state index contributed by atoms with van der Waals surface area (Å²) in [6.07, 6.45) is 6.94. The monoisotopic (exact) mass is 243 g/mol. The zero-order valence-corrected chi connectivity index (χ0v) is 10.0. The summed E-state index contributed by atoms with van der Waals surface area (Å²) in [6.45, 7) is 1.98. The van der Waals surface area contributed by atoms with Gasteiger partial charge in [0.25, 0.3) is 0 Å². The van der Waals surface area contributed by atoms with Crippen LogP contribution in [0.15, 0.2) is 18.2 Å². The molecule has 1 aromatic rings. The smallest absolute Gasteiger partial charge is 0.309 e. The predicted octanol–water partition coefficient (Wildman–Crippen LogP) is 2.68. The Bertz CT molecular complexity index is 526. The highest BCUT2D eigenvalue weighted by atomic mass is 16.6. The second kappa shape index (κ2) is 6.27. The topological polar surface area (TPSA) is 79.0 Å². The van der Waals surface area contributed by atoms with Crippen molar-refractivity contribution in [2.24, 2.45) is 0 Å². The van der Waals surface area contributed by atoms with E-state index in [0.717, 1.165) is 6.42 Å². The quantitative estimate of drug-likeness (QED) is 0.490. The predicted molar refractivity (Wildman–Crippen MR) is 69.0 cm³/mol. The van der Waals surface area contributed by atoms with Crippen LogP contribution in [0.3, 0.4) is 0 Å². The normalized spacial score (nSPS) is 11.1. The SMILES string of the molecule is C#CC(CCC)Nc1cccc(C#N)c1[N+](=O)[O-]. The number of para-hydroxylation sites is 1. The van der Waals surface area contributed by atoms with E-state index in [-0.39, 0.29) is 23.0 Å². The number of anilines is 1. The molecule has 0 heterocycles. The minimum atomic E-state index is -0.569. The summed E-state index contributed by atoms with van der Waals surface area (Å²) in [7, 11) is 0. The van der Waals surface area contributed by atoms with E-state index in [4.69, 9.17) is 11.7 Å². The molecule has 5 nitrogen and oxygen atoms in total. The summed E-state index contributed by atoms with van der Waals surface area (Å²) in [5, 5.41) is 22.8. The highest BCUT2D eigenvalue weighted by molar-refractivity contribution is 5.69. The number of hydrogen-bond donors (Lipinski definition) is 1. The van der Waals surface area contributed by atoms with E-state index in [1.165, 1.54) is 6.07 Å². The van der Waals surface area contributed by atoms with E-state index in [1.54, 1.807) is 12.1 Å². The van der Waals surface area contributed by atoms with Gasteiger partial charge in [-0.25, -0.2) is 0 Å². The molecule has 1 rings (SSSR count). The van der Waals surface area contributed by atoms with Crippen LogP contribution in [0.2, 0.25) is 0 Å². The fourth-order valence-electron chi connectivity index (χ4n) is 1.62. The number of rotatable bonds is 5. The molecule has 0 aliphatic rings. The molecule has 0 saturated carbocycles. The van der Waals surface area contributed by atoms with E-state index in [2.05, 4.69) is 11.2 Å². The number of terminal acetylenes is 1. The van der Waals surface area contributed by atoms with Crippen molar-refractivity contribution in [2.75, 3.05) is 5.32 Å². The Morgan fingerprint density at radius 2 is 2.33 bits per heavy atom. The molecule has 0 amide bonds. The molecule has 0 spiro atoms. The zero-order chi connectivity index (χ0) is 13.5. The second-order valence-electron chi connectivity index (χ2n) is 3.72. The summed E-state index contributed by atoms with van der Waals surface area (Å²) in [6, 6.07) is 6.09. The van der Waals surface area contributed by atoms with Gasteiger partial charge in [0.2, 0.25) is 0 Å². The van der Waals surface area contributed by atoms with Crippen LogP contribution < -0.4 is 5.32 Å². The molecule has 1 atom stereocenters. The van der Waals surface area contributed by atoms with E-state index in [9.17, 15) is 10.1 Å².